The predicted molar refractivity (Wildman–Crippen MR) is 94.8 cm³/mol. The predicted octanol–water partition coefficient (Wildman–Crippen LogP) is 1.89. The highest BCUT2D eigenvalue weighted by atomic mass is 19.1. The fraction of sp³-hybridized carbons (Fsp3) is 0.444. The van der Waals surface area contributed by atoms with Crippen molar-refractivity contribution >= 4 is 22.6 Å². The van der Waals surface area contributed by atoms with Crippen molar-refractivity contribution in [2.45, 2.75) is 20.4 Å². The molecule has 0 unspecified atom stereocenters. The molecule has 1 aromatic carbocycles. The highest BCUT2D eigenvalue weighted by Gasteiger charge is 2.25. The number of aryl methyl sites for hydroxylation is 1. The van der Waals surface area contributed by atoms with E-state index in [9.17, 15) is 14.0 Å². The van der Waals surface area contributed by atoms with Crippen LogP contribution in [0.3, 0.4) is 0 Å². The molecule has 0 spiro atoms. The van der Waals surface area contributed by atoms with E-state index in [0.29, 0.717) is 32.7 Å². The van der Waals surface area contributed by atoms with Crippen molar-refractivity contribution < 1.29 is 18.3 Å². The van der Waals surface area contributed by atoms with Crippen molar-refractivity contribution in [3.8, 4) is 0 Å². The van der Waals surface area contributed by atoms with Crippen LogP contribution in [0.5, 0.6) is 0 Å². The standard InChI is InChI=1S/C18H21F2N3O3/c1-3-22-10-12(18(25)26-4-2)17(24)11-9-13(19)16(14(20)15(11)22)23-7-5-21-6-8-23/h9-10,21H,3-8H2,1-2H3. The Hall–Kier alpha value is -2.48. The van der Waals surface area contributed by atoms with Gasteiger partial charge < -0.3 is 19.5 Å². The Morgan fingerprint density at radius 2 is 1.96 bits per heavy atom. The molecule has 6 nitrogen and oxygen atoms in total. The number of nitrogens with zero attached hydrogens (tertiary/aromatic N) is 2. The maximum absolute atomic E-state index is 15.2. The van der Waals surface area contributed by atoms with Crippen LogP contribution in [0.15, 0.2) is 17.1 Å². The fourth-order valence-corrected chi connectivity index (χ4v) is 3.26. The zero-order valence-electron chi connectivity index (χ0n) is 14.8. The molecule has 1 saturated heterocycles. The van der Waals surface area contributed by atoms with E-state index < -0.39 is 23.0 Å². The summed E-state index contributed by atoms with van der Waals surface area (Å²) in [6, 6.07) is 1.02. The van der Waals surface area contributed by atoms with Crippen molar-refractivity contribution in [1.29, 1.82) is 0 Å². The Kier molecular flexibility index (Phi) is 5.22. The Morgan fingerprint density at radius 3 is 2.58 bits per heavy atom. The Bertz CT molecular complexity index is 905. The zero-order chi connectivity index (χ0) is 18.8. The number of hydrogen-bond donors (Lipinski definition) is 1. The van der Waals surface area contributed by atoms with Crippen LogP contribution in [0.4, 0.5) is 14.5 Å². The number of piperazine rings is 1. The molecule has 0 amide bonds. The van der Waals surface area contributed by atoms with Crippen molar-refractivity contribution in [3.05, 3.63) is 39.7 Å². The van der Waals surface area contributed by atoms with Gasteiger partial charge in [0.05, 0.1) is 17.5 Å². The van der Waals surface area contributed by atoms with E-state index in [-0.39, 0.29) is 28.8 Å². The van der Waals surface area contributed by atoms with Crippen LogP contribution in [0.1, 0.15) is 24.2 Å². The van der Waals surface area contributed by atoms with Crippen molar-refractivity contribution in [3.63, 3.8) is 0 Å². The lowest BCUT2D eigenvalue weighted by Crippen LogP contribution is -2.44. The number of nitrogens with one attached hydrogen (secondary N) is 1. The zero-order valence-corrected chi connectivity index (χ0v) is 14.8. The van der Waals surface area contributed by atoms with Crippen LogP contribution >= 0.6 is 0 Å². The third-order valence-corrected chi connectivity index (χ3v) is 4.50. The van der Waals surface area contributed by atoms with E-state index >= 15 is 4.39 Å². The van der Waals surface area contributed by atoms with Gasteiger partial charge in [-0.25, -0.2) is 13.6 Å². The Morgan fingerprint density at radius 1 is 1.27 bits per heavy atom. The summed E-state index contributed by atoms with van der Waals surface area (Å²) in [6.45, 7) is 5.98. The number of carbonyl (C=O) groups excluding carboxylic acids is 1. The van der Waals surface area contributed by atoms with E-state index in [1.165, 1.54) is 10.8 Å². The van der Waals surface area contributed by atoms with Gasteiger partial charge in [0.15, 0.2) is 5.82 Å². The lowest BCUT2D eigenvalue weighted by Gasteiger charge is -2.30. The normalized spacial score (nSPS) is 14.7. The number of pyridine rings is 1. The summed E-state index contributed by atoms with van der Waals surface area (Å²) in [5.41, 5.74) is -1.09. The van der Waals surface area contributed by atoms with Crippen LogP contribution in [-0.2, 0) is 11.3 Å². The van der Waals surface area contributed by atoms with E-state index in [0.717, 1.165) is 6.07 Å². The molecule has 0 radical (unpaired) electrons. The number of halogens is 2. The maximum atomic E-state index is 15.2. The maximum Gasteiger partial charge on any atom is 0.343 e. The first-order valence-corrected chi connectivity index (χ1v) is 8.67. The molecular weight excluding hydrogens is 344 g/mol. The lowest BCUT2D eigenvalue weighted by atomic mass is 10.1. The number of benzene rings is 1. The summed E-state index contributed by atoms with van der Waals surface area (Å²) in [4.78, 5) is 26.3. The second-order valence-electron chi connectivity index (χ2n) is 6.03. The quantitative estimate of drug-likeness (QED) is 0.839. The first kappa shape index (κ1) is 18.3. The SMILES string of the molecule is CCOC(=O)c1cn(CC)c2c(F)c(N3CCNCC3)c(F)cc2c1=O. The molecule has 0 saturated carbocycles. The van der Waals surface area contributed by atoms with Crippen molar-refractivity contribution in [2.24, 2.45) is 0 Å². The van der Waals surface area contributed by atoms with Crippen LogP contribution in [0.2, 0.25) is 0 Å². The molecular formula is C18H21F2N3O3. The number of carbonyl (C=O) groups is 1. The molecule has 3 rings (SSSR count). The molecule has 0 aliphatic carbocycles. The minimum Gasteiger partial charge on any atom is -0.462 e. The van der Waals surface area contributed by atoms with Crippen molar-refractivity contribution in [2.75, 3.05) is 37.7 Å². The number of anilines is 1. The Balaban J connectivity index is 2.27. The van der Waals surface area contributed by atoms with Gasteiger partial charge in [0.25, 0.3) is 0 Å². The second-order valence-corrected chi connectivity index (χ2v) is 6.03. The number of aromatic nitrogens is 1. The summed E-state index contributed by atoms with van der Waals surface area (Å²) in [6.07, 6.45) is 1.28. The van der Waals surface area contributed by atoms with E-state index in [4.69, 9.17) is 4.74 Å². The van der Waals surface area contributed by atoms with Gasteiger partial charge in [0.2, 0.25) is 5.43 Å². The van der Waals surface area contributed by atoms with Gasteiger partial charge in [-0.2, -0.15) is 0 Å². The summed E-state index contributed by atoms with van der Waals surface area (Å²) < 4.78 is 36.3. The molecule has 1 aromatic heterocycles. The second kappa shape index (κ2) is 7.41. The highest BCUT2D eigenvalue weighted by molar-refractivity contribution is 5.94. The van der Waals surface area contributed by atoms with E-state index in [1.807, 2.05) is 0 Å². The van der Waals surface area contributed by atoms with Gasteiger partial charge in [-0.05, 0) is 19.9 Å². The topological polar surface area (TPSA) is 63.6 Å². The molecule has 1 aliphatic rings. The monoisotopic (exact) mass is 365 g/mol. The summed E-state index contributed by atoms with van der Waals surface area (Å²) in [5, 5.41) is 2.97. The van der Waals surface area contributed by atoms with Crippen LogP contribution in [0.25, 0.3) is 10.9 Å². The van der Waals surface area contributed by atoms with Gasteiger partial charge in [0, 0.05) is 38.9 Å². The molecule has 1 fully saturated rings. The summed E-state index contributed by atoms with van der Waals surface area (Å²) in [5.74, 6) is -2.39. The summed E-state index contributed by atoms with van der Waals surface area (Å²) >= 11 is 0. The summed E-state index contributed by atoms with van der Waals surface area (Å²) in [7, 11) is 0. The van der Waals surface area contributed by atoms with Gasteiger partial charge >= 0.3 is 5.97 Å². The van der Waals surface area contributed by atoms with Gasteiger partial charge in [-0.1, -0.05) is 0 Å². The number of ether oxygens (including phenoxy) is 1. The molecule has 1 aliphatic heterocycles. The van der Waals surface area contributed by atoms with Gasteiger partial charge in [-0.15, -0.1) is 0 Å². The van der Waals surface area contributed by atoms with Crippen LogP contribution < -0.4 is 15.6 Å². The molecule has 0 atom stereocenters. The average Bonchev–Trinajstić information content (AvgIpc) is 2.63. The molecule has 2 aromatic rings. The average molecular weight is 365 g/mol. The Labute approximate surface area is 149 Å². The van der Waals surface area contributed by atoms with E-state index in [1.54, 1.807) is 18.7 Å². The first-order chi connectivity index (χ1) is 12.5. The molecule has 0 bridgehead atoms. The largest absolute Gasteiger partial charge is 0.462 e. The van der Waals surface area contributed by atoms with Crippen LogP contribution in [0, 0.1) is 11.6 Å². The molecule has 2 heterocycles. The number of fused-ring (bicyclic) bond motifs is 1. The minimum absolute atomic E-state index is 0.000445. The first-order valence-electron chi connectivity index (χ1n) is 8.67. The van der Waals surface area contributed by atoms with E-state index in [2.05, 4.69) is 5.32 Å². The molecule has 26 heavy (non-hydrogen) atoms. The van der Waals surface area contributed by atoms with Crippen LogP contribution in [-0.4, -0.2) is 43.3 Å². The number of rotatable bonds is 4. The van der Waals surface area contributed by atoms with Gasteiger partial charge in [-0.3, -0.25) is 4.79 Å². The fourth-order valence-electron chi connectivity index (χ4n) is 3.26. The number of esters is 1. The highest BCUT2D eigenvalue weighted by Crippen LogP contribution is 2.30. The number of hydrogen-bond acceptors (Lipinski definition) is 5. The third kappa shape index (κ3) is 3.05. The van der Waals surface area contributed by atoms with Gasteiger partial charge in [0.1, 0.15) is 17.1 Å². The molecule has 1 N–H and O–H groups in total. The lowest BCUT2D eigenvalue weighted by molar-refractivity contribution is 0.0524. The molecule has 8 heteroatoms. The minimum atomic E-state index is -0.808. The smallest absolute Gasteiger partial charge is 0.343 e. The third-order valence-electron chi connectivity index (χ3n) is 4.50. The molecule has 140 valence electrons. The van der Waals surface area contributed by atoms with Crippen molar-refractivity contribution in [1.82, 2.24) is 9.88 Å².